The molecule has 2 heteroatoms. The highest BCUT2D eigenvalue weighted by atomic mass is 16.3. The summed E-state index contributed by atoms with van der Waals surface area (Å²) in [4.78, 5) is 0. The summed E-state index contributed by atoms with van der Waals surface area (Å²) in [5, 5.41) is 19.2. The van der Waals surface area contributed by atoms with Crippen LogP contribution in [0.4, 0.5) is 0 Å². The van der Waals surface area contributed by atoms with E-state index < -0.39 is 0 Å². The van der Waals surface area contributed by atoms with Gasteiger partial charge in [0.25, 0.3) is 0 Å². The summed E-state index contributed by atoms with van der Waals surface area (Å²) >= 11 is 0. The van der Waals surface area contributed by atoms with Gasteiger partial charge in [-0.1, -0.05) is 32.0 Å². The van der Waals surface area contributed by atoms with Crippen LogP contribution in [0.5, 0.6) is 5.75 Å². The Balaban J connectivity index is 2.40. The zero-order valence-electron chi connectivity index (χ0n) is 9.48. The number of phenols is 1. The van der Waals surface area contributed by atoms with E-state index in [1.165, 1.54) is 0 Å². The van der Waals surface area contributed by atoms with Crippen molar-refractivity contribution in [2.75, 3.05) is 0 Å². The van der Waals surface area contributed by atoms with Crippen LogP contribution in [0.15, 0.2) is 24.3 Å². The van der Waals surface area contributed by atoms with Gasteiger partial charge in [0.1, 0.15) is 5.75 Å². The van der Waals surface area contributed by atoms with Crippen molar-refractivity contribution in [1.82, 2.24) is 0 Å². The summed E-state index contributed by atoms with van der Waals surface area (Å²) < 4.78 is 0. The number of aromatic hydroxyl groups is 1. The van der Waals surface area contributed by atoms with Gasteiger partial charge in [0.15, 0.2) is 0 Å². The van der Waals surface area contributed by atoms with Gasteiger partial charge in [0.2, 0.25) is 0 Å². The number of aliphatic hydroxyl groups is 1. The highest BCUT2D eigenvalue weighted by Crippen LogP contribution is 2.19. The molecule has 0 amide bonds. The minimum absolute atomic E-state index is 0.260. The van der Waals surface area contributed by atoms with Gasteiger partial charge in [0.05, 0.1) is 6.10 Å². The van der Waals surface area contributed by atoms with Gasteiger partial charge in [-0.2, -0.15) is 0 Å². The van der Waals surface area contributed by atoms with Crippen molar-refractivity contribution in [3.63, 3.8) is 0 Å². The first-order valence-corrected chi connectivity index (χ1v) is 5.54. The largest absolute Gasteiger partial charge is 0.508 e. The Morgan fingerprint density at radius 3 is 2.47 bits per heavy atom. The SMILES string of the molecule is CC(C)CC(O)CCc1ccccc1O. The zero-order valence-corrected chi connectivity index (χ0v) is 9.48. The van der Waals surface area contributed by atoms with Crippen molar-refractivity contribution >= 4 is 0 Å². The molecule has 0 aliphatic rings. The molecule has 1 unspecified atom stereocenters. The van der Waals surface area contributed by atoms with Crippen molar-refractivity contribution in [3.8, 4) is 5.75 Å². The molecule has 0 saturated heterocycles. The Morgan fingerprint density at radius 2 is 1.87 bits per heavy atom. The first-order valence-electron chi connectivity index (χ1n) is 5.54. The van der Waals surface area contributed by atoms with E-state index in [1.54, 1.807) is 6.07 Å². The second-order valence-electron chi connectivity index (χ2n) is 4.45. The zero-order chi connectivity index (χ0) is 11.3. The minimum Gasteiger partial charge on any atom is -0.508 e. The second-order valence-corrected chi connectivity index (χ2v) is 4.45. The number of rotatable bonds is 5. The molecule has 1 atom stereocenters. The number of hydrogen-bond donors (Lipinski definition) is 2. The quantitative estimate of drug-likeness (QED) is 0.781. The standard InChI is InChI=1S/C13H20O2/c1-10(2)9-12(14)8-7-11-5-3-4-6-13(11)15/h3-6,10,12,14-15H,7-9H2,1-2H3. The van der Waals surface area contributed by atoms with Crippen LogP contribution in [0.25, 0.3) is 0 Å². The number of phenolic OH excluding ortho intramolecular Hbond substituents is 1. The molecule has 0 bridgehead atoms. The molecule has 0 radical (unpaired) electrons. The van der Waals surface area contributed by atoms with Gasteiger partial charge in [-0.3, -0.25) is 0 Å². The molecule has 0 spiro atoms. The third-order valence-electron chi connectivity index (χ3n) is 2.48. The number of benzene rings is 1. The van der Waals surface area contributed by atoms with Crippen LogP contribution in [0.2, 0.25) is 0 Å². The summed E-state index contributed by atoms with van der Waals surface area (Å²) in [7, 11) is 0. The van der Waals surface area contributed by atoms with E-state index >= 15 is 0 Å². The number of aliphatic hydroxyl groups excluding tert-OH is 1. The molecule has 0 aliphatic heterocycles. The highest BCUT2D eigenvalue weighted by molar-refractivity contribution is 5.31. The molecule has 1 aromatic rings. The molecule has 2 N–H and O–H groups in total. The fourth-order valence-corrected chi connectivity index (χ4v) is 1.71. The number of aryl methyl sites for hydroxylation is 1. The van der Waals surface area contributed by atoms with Crippen molar-refractivity contribution in [3.05, 3.63) is 29.8 Å². The third-order valence-corrected chi connectivity index (χ3v) is 2.48. The van der Waals surface area contributed by atoms with Crippen molar-refractivity contribution in [1.29, 1.82) is 0 Å². The Bertz CT molecular complexity index is 294. The minimum atomic E-state index is -0.260. The Morgan fingerprint density at radius 1 is 1.20 bits per heavy atom. The predicted molar refractivity (Wildman–Crippen MR) is 61.9 cm³/mol. The Kier molecular flexibility index (Phi) is 4.63. The first kappa shape index (κ1) is 12.1. The van der Waals surface area contributed by atoms with Crippen molar-refractivity contribution in [2.45, 2.75) is 39.2 Å². The first-order chi connectivity index (χ1) is 7.09. The van der Waals surface area contributed by atoms with Crippen LogP contribution in [0.3, 0.4) is 0 Å². The molecule has 0 aromatic heterocycles. The maximum absolute atomic E-state index is 9.69. The monoisotopic (exact) mass is 208 g/mol. The average Bonchev–Trinajstić information content (AvgIpc) is 2.15. The van der Waals surface area contributed by atoms with E-state index in [1.807, 2.05) is 18.2 Å². The number of hydrogen-bond acceptors (Lipinski definition) is 2. The number of para-hydroxylation sites is 1. The molecular weight excluding hydrogens is 188 g/mol. The third kappa shape index (κ3) is 4.34. The van der Waals surface area contributed by atoms with E-state index in [-0.39, 0.29) is 6.10 Å². The van der Waals surface area contributed by atoms with Crippen molar-refractivity contribution in [2.24, 2.45) is 5.92 Å². The van der Waals surface area contributed by atoms with Gasteiger partial charge in [-0.25, -0.2) is 0 Å². The molecule has 0 heterocycles. The molecule has 84 valence electrons. The summed E-state index contributed by atoms with van der Waals surface area (Å²) in [6.45, 7) is 4.20. The molecule has 15 heavy (non-hydrogen) atoms. The second kappa shape index (κ2) is 5.76. The lowest BCUT2D eigenvalue weighted by Crippen LogP contribution is -2.11. The van der Waals surface area contributed by atoms with Gasteiger partial charge in [-0.05, 0) is 36.8 Å². The molecular formula is C13H20O2. The van der Waals surface area contributed by atoms with Crippen LogP contribution >= 0.6 is 0 Å². The smallest absolute Gasteiger partial charge is 0.118 e. The molecule has 0 saturated carbocycles. The molecule has 1 rings (SSSR count). The maximum atomic E-state index is 9.69. The lowest BCUT2D eigenvalue weighted by molar-refractivity contribution is 0.139. The highest BCUT2D eigenvalue weighted by Gasteiger charge is 2.08. The maximum Gasteiger partial charge on any atom is 0.118 e. The summed E-state index contributed by atoms with van der Waals surface area (Å²) in [5.41, 5.74) is 0.917. The van der Waals surface area contributed by atoms with E-state index in [9.17, 15) is 10.2 Å². The summed E-state index contributed by atoms with van der Waals surface area (Å²) in [5.74, 6) is 0.846. The average molecular weight is 208 g/mol. The van der Waals surface area contributed by atoms with E-state index in [0.29, 0.717) is 11.7 Å². The lowest BCUT2D eigenvalue weighted by Gasteiger charge is -2.13. The van der Waals surface area contributed by atoms with Gasteiger partial charge < -0.3 is 10.2 Å². The van der Waals surface area contributed by atoms with Crippen LogP contribution in [-0.2, 0) is 6.42 Å². The Hall–Kier alpha value is -1.02. The normalized spacial score (nSPS) is 13.1. The lowest BCUT2D eigenvalue weighted by atomic mass is 9.99. The van der Waals surface area contributed by atoms with E-state index in [0.717, 1.165) is 24.8 Å². The fraction of sp³-hybridized carbons (Fsp3) is 0.538. The molecule has 0 fully saturated rings. The molecule has 1 aromatic carbocycles. The van der Waals surface area contributed by atoms with Gasteiger partial charge in [0, 0.05) is 0 Å². The predicted octanol–water partition coefficient (Wildman–Crippen LogP) is 2.73. The van der Waals surface area contributed by atoms with E-state index in [2.05, 4.69) is 13.8 Å². The fourth-order valence-electron chi connectivity index (χ4n) is 1.71. The van der Waals surface area contributed by atoms with Crippen LogP contribution in [0.1, 0.15) is 32.3 Å². The molecule has 0 aliphatic carbocycles. The van der Waals surface area contributed by atoms with Crippen LogP contribution in [-0.4, -0.2) is 16.3 Å². The van der Waals surface area contributed by atoms with Crippen LogP contribution < -0.4 is 0 Å². The van der Waals surface area contributed by atoms with Crippen molar-refractivity contribution < 1.29 is 10.2 Å². The van der Waals surface area contributed by atoms with E-state index in [4.69, 9.17) is 0 Å². The Labute approximate surface area is 91.6 Å². The van der Waals surface area contributed by atoms with Gasteiger partial charge >= 0.3 is 0 Å². The van der Waals surface area contributed by atoms with Gasteiger partial charge in [-0.15, -0.1) is 0 Å². The molecule has 2 nitrogen and oxygen atoms in total. The summed E-state index contributed by atoms with van der Waals surface area (Å²) in [6, 6.07) is 7.30. The summed E-state index contributed by atoms with van der Waals surface area (Å²) in [6.07, 6.45) is 2.02. The topological polar surface area (TPSA) is 40.5 Å². The van der Waals surface area contributed by atoms with Crippen LogP contribution in [0, 0.1) is 5.92 Å².